The molecule has 32 heavy (non-hydrogen) atoms. The first-order valence-corrected chi connectivity index (χ1v) is 11.2. The fraction of sp³-hybridized carbons (Fsp3) is 0.440. The maximum Gasteiger partial charge on any atom is 0.244 e. The molecule has 2 aromatic carbocycles. The van der Waals surface area contributed by atoms with E-state index in [1.54, 1.807) is 0 Å². The van der Waals surface area contributed by atoms with Crippen molar-refractivity contribution in [1.29, 1.82) is 0 Å². The van der Waals surface area contributed by atoms with Gasteiger partial charge in [0.25, 0.3) is 0 Å². The molecule has 0 aromatic heterocycles. The van der Waals surface area contributed by atoms with Crippen LogP contribution in [0.1, 0.15) is 42.5 Å². The number of halogens is 2. The Labute approximate surface area is 187 Å². The molecule has 170 valence electrons. The van der Waals surface area contributed by atoms with E-state index in [0.29, 0.717) is 12.5 Å². The first-order valence-electron chi connectivity index (χ1n) is 11.2. The third kappa shape index (κ3) is 4.99. The zero-order chi connectivity index (χ0) is 22.7. The summed E-state index contributed by atoms with van der Waals surface area (Å²) in [5.74, 6) is -0.978. The number of fused-ring (bicyclic) bond motifs is 1. The number of likely N-dealkylation sites (tertiary alicyclic amines) is 1. The van der Waals surface area contributed by atoms with E-state index in [1.165, 1.54) is 12.1 Å². The van der Waals surface area contributed by atoms with Gasteiger partial charge in [-0.3, -0.25) is 14.5 Å². The summed E-state index contributed by atoms with van der Waals surface area (Å²) in [4.78, 5) is 30.1. The molecule has 2 amide bonds. The van der Waals surface area contributed by atoms with Crippen LogP contribution in [0.2, 0.25) is 0 Å². The summed E-state index contributed by atoms with van der Waals surface area (Å²) < 4.78 is 27.0. The Balaban J connectivity index is 1.47. The predicted molar refractivity (Wildman–Crippen MR) is 118 cm³/mol. The second-order valence-corrected chi connectivity index (χ2v) is 8.84. The van der Waals surface area contributed by atoms with E-state index in [9.17, 15) is 18.4 Å². The third-order valence-electron chi connectivity index (χ3n) is 6.55. The summed E-state index contributed by atoms with van der Waals surface area (Å²) in [5.41, 5.74) is 2.32. The fourth-order valence-corrected chi connectivity index (χ4v) is 4.58. The normalized spacial score (nSPS) is 19.5. The maximum atomic E-state index is 13.9. The number of hydrogen-bond acceptors (Lipinski definition) is 3. The van der Waals surface area contributed by atoms with Gasteiger partial charge in [0.2, 0.25) is 11.8 Å². The van der Waals surface area contributed by atoms with Gasteiger partial charge in [0.1, 0.15) is 17.7 Å². The topological polar surface area (TPSA) is 52.7 Å². The van der Waals surface area contributed by atoms with Crippen molar-refractivity contribution in [3.63, 3.8) is 0 Å². The second-order valence-electron chi connectivity index (χ2n) is 8.84. The molecule has 4 rings (SSSR count). The van der Waals surface area contributed by atoms with Gasteiger partial charge in [0.05, 0.1) is 6.54 Å². The third-order valence-corrected chi connectivity index (χ3v) is 6.55. The van der Waals surface area contributed by atoms with Crippen LogP contribution in [0.3, 0.4) is 0 Å². The van der Waals surface area contributed by atoms with E-state index >= 15 is 0 Å². The smallest absolute Gasteiger partial charge is 0.244 e. The van der Waals surface area contributed by atoms with Crippen molar-refractivity contribution < 1.29 is 18.4 Å². The number of rotatable bonds is 5. The van der Waals surface area contributed by atoms with Crippen LogP contribution in [0.4, 0.5) is 8.78 Å². The molecule has 2 aromatic rings. The minimum atomic E-state index is -0.690. The standard InChI is InChI=1S/C25H29F2N3O2/c1-17-8-11-29(12-9-17)25(32)24-21-5-3-2-4-18(21)10-13-30(24)16-23(31)28-15-19-6-7-20(26)14-22(19)27/h2-7,14,17,24H,8-13,15-16H2,1H3,(H,28,31)/t24-/m0/s1. The molecule has 2 aliphatic rings. The largest absolute Gasteiger partial charge is 0.351 e. The predicted octanol–water partition coefficient (Wildman–Crippen LogP) is 3.44. The highest BCUT2D eigenvalue weighted by Crippen LogP contribution is 2.32. The summed E-state index contributed by atoms with van der Waals surface area (Å²) in [6, 6.07) is 10.7. The van der Waals surface area contributed by atoms with Crippen molar-refractivity contribution in [2.24, 2.45) is 5.92 Å². The highest BCUT2D eigenvalue weighted by molar-refractivity contribution is 5.85. The highest BCUT2D eigenvalue weighted by Gasteiger charge is 2.37. The molecule has 2 heterocycles. The van der Waals surface area contributed by atoms with Gasteiger partial charge in [-0.25, -0.2) is 8.78 Å². The molecule has 1 N–H and O–H groups in total. The molecular weight excluding hydrogens is 412 g/mol. The Morgan fingerprint density at radius 3 is 2.56 bits per heavy atom. The van der Waals surface area contributed by atoms with Gasteiger partial charge >= 0.3 is 0 Å². The molecule has 1 fully saturated rings. The molecule has 0 spiro atoms. The summed E-state index contributed by atoms with van der Waals surface area (Å²) in [5, 5.41) is 2.71. The first kappa shape index (κ1) is 22.4. The molecule has 0 radical (unpaired) electrons. The van der Waals surface area contributed by atoms with E-state index < -0.39 is 17.7 Å². The summed E-state index contributed by atoms with van der Waals surface area (Å²) in [6.45, 7) is 4.29. The molecule has 0 unspecified atom stereocenters. The number of carbonyl (C=O) groups is 2. The molecular formula is C25H29F2N3O2. The minimum absolute atomic E-state index is 0.0298. The van der Waals surface area contributed by atoms with Crippen molar-refractivity contribution in [2.45, 2.75) is 38.8 Å². The summed E-state index contributed by atoms with van der Waals surface area (Å²) >= 11 is 0. The van der Waals surface area contributed by atoms with Gasteiger partial charge in [0, 0.05) is 37.8 Å². The maximum absolute atomic E-state index is 13.9. The molecule has 1 saturated heterocycles. The van der Waals surface area contributed by atoms with Gasteiger partial charge in [-0.1, -0.05) is 37.3 Å². The van der Waals surface area contributed by atoms with E-state index in [-0.39, 0.29) is 30.5 Å². The molecule has 0 aliphatic carbocycles. The quantitative estimate of drug-likeness (QED) is 0.774. The SMILES string of the molecule is CC1CCN(C(=O)[C@@H]2c3ccccc3CCN2CC(=O)NCc2ccc(F)cc2F)CC1. The van der Waals surface area contributed by atoms with Crippen LogP contribution in [0, 0.1) is 17.6 Å². The lowest BCUT2D eigenvalue weighted by Crippen LogP contribution is -2.50. The van der Waals surface area contributed by atoms with Crippen molar-refractivity contribution in [2.75, 3.05) is 26.2 Å². The van der Waals surface area contributed by atoms with Crippen molar-refractivity contribution >= 4 is 11.8 Å². The van der Waals surface area contributed by atoms with Crippen LogP contribution < -0.4 is 5.32 Å². The number of nitrogens with one attached hydrogen (secondary N) is 1. The highest BCUT2D eigenvalue weighted by atomic mass is 19.1. The molecule has 2 aliphatic heterocycles. The van der Waals surface area contributed by atoms with E-state index in [4.69, 9.17) is 0 Å². The van der Waals surface area contributed by atoms with Crippen molar-refractivity contribution in [1.82, 2.24) is 15.1 Å². The molecule has 5 nitrogen and oxygen atoms in total. The van der Waals surface area contributed by atoms with Crippen LogP contribution in [0.25, 0.3) is 0 Å². The van der Waals surface area contributed by atoms with Crippen LogP contribution in [-0.2, 0) is 22.6 Å². The van der Waals surface area contributed by atoms with Crippen LogP contribution in [0.5, 0.6) is 0 Å². The van der Waals surface area contributed by atoms with Crippen LogP contribution >= 0.6 is 0 Å². The lowest BCUT2D eigenvalue weighted by atomic mass is 9.90. The zero-order valence-electron chi connectivity index (χ0n) is 18.3. The Kier molecular flexibility index (Phi) is 6.84. The minimum Gasteiger partial charge on any atom is -0.351 e. The van der Waals surface area contributed by atoms with Crippen molar-refractivity contribution in [3.8, 4) is 0 Å². The lowest BCUT2D eigenvalue weighted by molar-refractivity contribution is -0.140. The van der Waals surface area contributed by atoms with Gasteiger partial charge < -0.3 is 10.2 Å². The second kappa shape index (κ2) is 9.77. The lowest BCUT2D eigenvalue weighted by Gasteiger charge is -2.40. The molecule has 7 heteroatoms. The number of benzene rings is 2. The van der Waals surface area contributed by atoms with Crippen LogP contribution in [-0.4, -0.2) is 47.8 Å². The number of carbonyl (C=O) groups excluding carboxylic acids is 2. The average molecular weight is 442 g/mol. The van der Waals surface area contributed by atoms with Gasteiger partial charge in [0.15, 0.2) is 0 Å². The summed E-state index contributed by atoms with van der Waals surface area (Å²) in [6.07, 6.45) is 2.74. The number of amides is 2. The average Bonchev–Trinajstić information content (AvgIpc) is 2.78. The molecule has 1 atom stereocenters. The van der Waals surface area contributed by atoms with E-state index in [1.807, 2.05) is 34.1 Å². The van der Waals surface area contributed by atoms with Crippen LogP contribution in [0.15, 0.2) is 42.5 Å². The van der Waals surface area contributed by atoms with E-state index in [0.717, 1.165) is 49.5 Å². The Hall–Kier alpha value is -2.80. The monoisotopic (exact) mass is 441 g/mol. The Bertz CT molecular complexity index is 989. The Morgan fingerprint density at radius 2 is 1.81 bits per heavy atom. The van der Waals surface area contributed by atoms with Gasteiger partial charge in [-0.2, -0.15) is 0 Å². The number of piperidine rings is 1. The molecule has 0 saturated carbocycles. The van der Waals surface area contributed by atoms with E-state index in [2.05, 4.69) is 12.2 Å². The summed E-state index contributed by atoms with van der Waals surface area (Å²) in [7, 11) is 0. The first-order chi connectivity index (χ1) is 15.4. The zero-order valence-corrected chi connectivity index (χ0v) is 18.3. The van der Waals surface area contributed by atoms with Crippen molar-refractivity contribution in [3.05, 3.63) is 70.8 Å². The molecule has 0 bridgehead atoms. The van der Waals surface area contributed by atoms with Gasteiger partial charge in [-0.05, 0) is 42.4 Å². The number of hydrogen-bond donors (Lipinski definition) is 1. The Morgan fingerprint density at radius 1 is 1.06 bits per heavy atom. The number of nitrogens with zero attached hydrogens (tertiary/aromatic N) is 2. The fourth-order valence-electron chi connectivity index (χ4n) is 4.58. The van der Waals surface area contributed by atoms with Gasteiger partial charge in [-0.15, -0.1) is 0 Å².